The van der Waals surface area contributed by atoms with Crippen LogP contribution in [0.2, 0.25) is 0 Å². The lowest BCUT2D eigenvalue weighted by Crippen LogP contribution is -2.34. The van der Waals surface area contributed by atoms with Crippen LogP contribution in [-0.4, -0.2) is 37.5 Å². The first-order valence-electron chi connectivity index (χ1n) is 5.24. The van der Waals surface area contributed by atoms with Gasteiger partial charge in [0.25, 0.3) is 0 Å². The number of hydrogen-bond donors (Lipinski definition) is 3. The van der Waals surface area contributed by atoms with Crippen LogP contribution >= 0.6 is 0 Å². The minimum absolute atomic E-state index is 0.0672. The molecule has 0 heterocycles. The highest BCUT2D eigenvalue weighted by Crippen LogP contribution is 2.23. The van der Waals surface area contributed by atoms with Gasteiger partial charge in [-0.05, 0) is 12.1 Å². The van der Waals surface area contributed by atoms with Crippen LogP contribution in [0, 0.1) is 0 Å². The highest BCUT2D eigenvalue weighted by atomic mass is 32.2. The van der Waals surface area contributed by atoms with E-state index >= 15 is 0 Å². The summed E-state index contributed by atoms with van der Waals surface area (Å²) in [6, 6.07) is 6.38. The Hall–Kier alpha value is -1.15. The average molecular weight is 259 g/mol. The van der Waals surface area contributed by atoms with E-state index < -0.39 is 10.0 Å². The number of aliphatic hydroxyl groups is 1. The Morgan fingerprint density at radius 3 is 2.59 bits per heavy atom. The number of sulfonamides is 1. The summed E-state index contributed by atoms with van der Waals surface area (Å²) in [5.41, 5.74) is 2.69. The molecule has 0 radical (unpaired) electrons. The van der Waals surface area contributed by atoms with Crippen molar-refractivity contribution in [1.29, 1.82) is 0 Å². The second kappa shape index (κ2) is 5.97. The molecule has 0 atom stereocenters. The second-order valence-electron chi connectivity index (χ2n) is 3.36. The number of nitrogen functional groups attached to an aromatic ring is 1. The minimum atomic E-state index is -3.63. The molecule has 96 valence electrons. The van der Waals surface area contributed by atoms with Crippen molar-refractivity contribution in [2.45, 2.75) is 11.8 Å². The maximum Gasteiger partial charge on any atom is 0.245 e. The van der Waals surface area contributed by atoms with Crippen LogP contribution in [0.1, 0.15) is 6.92 Å². The normalized spacial score (nSPS) is 11.8. The first kappa shape index (κ1) is 13.9. The van der Waals surface area contributed by atoms with Gasteiger partial charge in [-0.25, -0.2) is 8.42 Å². The second-order valence-corrected chi connectivity index (χ2v) is 5.27. The van der Waals surface area contributed by atoms with E-state index in [0.717, 1.165) is 0 Å². The number of rotatable bonds is 6. The lowest BCUT2D eigenvalue weighted by atomic mass is 10.3. The summed E-state index contributed by atoms with van der Waals surface area (Å²) in [7, 11) is -3.63. The number of nitrogens with two attached hydrogens (primary N) is 1. The third-order valence-corrected chi connectivity index (χ3v) is 4.39. The third-order valence-electron chi connectivity index (χ3n) is 2.36. The number of likely N-dealkylation sites (N-methyl/N-ethyl adjacent to an activating group) is 1. The Labute approximate surface area is 101 Å². The van der Waals surface area contributed by atoms with E-state index in [1.165, 1.54) is 10.4 Å². The number of hydrazine groups is 1. The zero-order chi connectivity index (χ0) is 12.9. The fraction of sp³-hybridized carbons (Fsp3) is 0.400. The molecule has 0 spiro atoms. The molecule has 0 aliphatic heterocycles. The molecule has 0 aromatic heterocycles. The molecule has 0 aliphatic carbocycles. The summed E-state index contributed by atoms with van der Waals surface area (Å²) in [5.74, 6) is 5.28. The van der Waals surface area contributed by atoms with Crippen molar-refractivity contribution in [1.82, 2.24) is 4.31 Å². The van der Waals surface area contributed by atoms with Gasteiger partial charge in [0.1, 0.15) is 4.90 Å². The number of anilines is 1. The zero-order valence-corrected chi connectivity index (χ0v) is 10.4. The van der Waals surface area contributed by atoms with Gasteiger partial charge in [0.05, 0.1) is 12.3 Å². The number of nitrogens with zero attached hydrogens (tertiary/aromatic N) is 1. The largest absolute Gasteiger partial charge is 0.395 e. The molecule has 0 unspecified atom stereocenters. The molecule has 4 N–H and O–H groups in total. The number of hydrogen-bond acceptors (Lipinski definition) is 5. The van der Waals surface area contributed by atoms with Crippen LogP contribution in [0.15, 0.2) is 29.2 Å². The van der Waals surface area contributed by atoms with Crippen molar-refractivity contribution < 1.29 is 13.5 Å². The Bertz CT molecular complexity index is 462. The summed E-state index contributed by atoms with van der Waals surface area (Å²) >= 11 is 0. The Kier molecular flexibility index (Phi) is 4.88. The van der Waals surface area contributed by atoms with Gasteiger partial charge in [0.15, 0.2) is 0 Å². The number of nitrogens with one attached hydrogen (secondary N) is 1. The van der Waals surface area contributed by atoms with E-state index in [-0.39, 0.29) is 18.0 Å². The van der Waals surface area contributed by atoms with E-state index in [1.54, 1.807) is 25.1 Å². The maximum absolute atomic E-state index is 12.3. The Balaban J connectivity index is 3.20. The van der Waals surface area contributed by atoms with Crippen LogP contribution in [-0.2, 0) is 10.0 Å². The molecule has 1 rings (SSSR count). The van der Waals surface area contributed by atoms with Gasteiger partial charge < -0.3 is 10.5 Å². The molecule has 17 heavy (non-hydrogen) atoms. The quantitative estimate of drug-likeness (QED) is 0.493. The average Bonchev–Trinajstić information content (AvgIpc) is 2.35. The molecule has 0 bridgehead atoms. The highest BCUT2D eigenvalue weighted by molar-refractivity contribution is 7.89. The van der Waals surface area contributed by atoms with Crippen molar-refractivity contribution in [2.75, 3.05) is 25.1 Å². The number of benzene rings is 1. The smallest absolute Gasteiger partial charge is 0.245 e. The molecule has 7 heteroatoms. The number of para-hydroxylation sites is 1. The van der Waals surface area contributed by atoms with Crippen LogP contribution in [0.4, 0.5) is 5.69 Å². The predicted molar refractivity (Wildman–Crippen MR) is 65.8 cm³/mol. The molecule has 0 amide bonds. The van der Waals surface area contributed by atoms with Crippen LogP contribution in [0.3, 0.4) is 0 Å². The van der Waals surface area contributed by atoms with Crippen LogP contribution < -0.4 is 11.3 Å². The standard InChI is InChI=1S/C10H17N3O3S/c1-2-13(7-8-14)17(15,16)10-6-4-3-5-9(10)12-11/h3-6,12,14H,2,7-8,11H2,1H3. The Morgan fingerprint density at radius 1 is 1.41 bits per heavy atom. The van der Waals surface area contributed by atoms with E-state index in [0.29, 0.717) is 12.2 Å². The van der Waals surface area contributed by atoms with Gasteiger partial charge in [-0.15, -0.1) is 0 Å². The number of aliphatic hydroxyl groups excluding tert-OH is 1. The summed E-state index contributed by atoms with van der Waals surface area (Å²) in [6.07, 6.45) is 0. The third kappa shape index (κ3) is 2.95. The SMILES string of the molecule is CCN(CCO)S(=O)(=O)c1ccccc1NN. The van der Waals surface area contributed by atoms with Crippen molar-refractivity contribution >= 4 is 15.7 Å². The first-order chi connectivity index (χ1) is 8.07. The molecule has 0 aliphatic rings. The highest BCUT2D eigenvalue weighted by Gasteiger charge is 2.24. The van der Waals surface area contributed by atoms with E-state index in [4.69, 9.17) is 10.9 Å². The minimum Gasteiger partial charge on any atom is -0.395 e. The van der Waals surface area contributed by atoms with Crippen molar-refractivity contribution in [3.63, 3.8) is 0 Å². The fourth-order valence-electron chi connectivity index (χ4n) is 1.51. The molecule has 6 nitrogen and oxygen atoms in total. The lowest BCUT2D eigenvalue weighted by Gasteiger charge is -2.20. The molecular weight excluding hydrogens is 242 g/mol. The molecule has 1 aromatic carbocycles. The molecule has 0 fully saturated rings. The summed E-state index contributed by atoms with van der Waals surface area (Å²) < 4.78 is 25.7. The van der Waals surface area contributed by atoms with Crippen LogP contribution in [0.25, 0.3) is 0 Å². The van der Waals surface area contributed by atoms with Crippen molar-refractivity contribution in [3.8, 4) is 0 Å². The molecule has 0 saturated carbocycles. The first-order valence-corrected chi connectivity index (χ1v) is 6.68. The van der Waals surface area contributed by atoms with E-state index in [9.17, 15) is 8.42 Å². The maximum atomic E-state index is 12.3. The summed E-state index contributed by atoms with van der Waals surface area (Å²) in [6.45, 7) is 1.86. The molecular formula is C10H17N3O3S. The van der Waals surface area contributed by atoms with Crippen molar-refractivity contribution in [3.05, 3.63) is 24.3 Å². The summed E-state index contributed by atoms with van der Waals surface area (Å²) in [4.78, 5) is 0.109. The van der Waals surface area contributed by atoms with E-state index in [1.807, 2.05) is 0 Å². The van der Waals surface area contributed by atoms with Gasteiger partial charge in [-0.2, -0.15) is 4.31 Å². The molecule has 0 saturated heterocycles. The van der Waals surface area contributed by atoms with E-state index in [2.05, 4.69) is 5.43 Å². The topological polar surface area (TPSA) is 95.7 Å². The predicted octanol–water partition coefficient (Wildman–Crippen LogP) is -0.0249. The summed E-state index contributed by atoms with van der Waals surface area (Å²) in [5, 5.41) is 8.86. The van der Waals surface area contributed by atoms with Gasteiger partial charge in [0.2, 0.25) is 10.0 Å². The van der Waals surface area contributed by atoms with Gasteiger partial charge in [-0.1, -0.05) is 19.1 Å². The van der Waals surface area contributed by atoms with Gasteiger partial charge in [0, 0.05) is 13.1 Å². The Morgan fingerprint density at radius 2 is 2.06 bits per heavy atom. The van der Waals surface area contributed by atoms with Crippen LogP contribution in [0.5, 0.6) is 0 Å². The van der Waals surface area contributed by atoms with Crippen molar-refractivity contribution in [2.24, 2.45) is 5.84 Å². The van der Waals surface area contributed by atoms with Gasteiger partial charge >= 0.3 is 0 Å². The monoisotopic (exact) mass is 259 g/mol. The fourth-order valence-corrected chi connectivity index (χ4v) is 3.11. The lowest BCUT2D eigenvalue weighted by molar-refractivity contribution is 0.257. The molecule has 1 aromatic rings. The zero-order valence-electron chi connectivity index (χ0n) is 9.63. The van der Waals surface area contributed by atoms with Gasteiger partial charge in [-0.3, -0.25) is 5.84 Å².